The molecule has 4 aromatic rings. The first-order chi connectivity index (χ1) is 19.4. The van der Waals surface area contributed by atoms with Crippen molar-refractivity contribution in [3.8, 4) is 29.4 Å². The van der Waals surface area contributed by atoms with E-state index >= 15 is 0 Å². The highest BCUT2D eigenvalue weighted by Crippen LogP contribution is 2.48. The van der Waals surface area contributed by atoms with Gasteiger partial charge in [0.25, 0.3) is 5.91 Å². The van der Waals surface area contributed by atoms with E-state index in [1.54, 1.807) is 54.6 Å². The van der Waals surface area contributed by atoms with E-state index in [0.717, 1.165) is 6.07 Å². The number of anilines is 1. The molecule has 1 unspecified atom stereocenters. The minimum absolute atomic E-state index is 0.0884. The first kappa shape index (κ1) is 28.8. The van der Waals surface area contributed by atoms with Crippen LogP contribution in [0.25, 0.3) is 0 Å². The van der Waals surface area contributed by atoms with Gasteiger partial charge in [0, 0.05) is 39.4 Å². The quantitative estimate of drug-likeness (QED) is 0.198. The van der Waals surface area contributed by atoms with Crippen LogP contribution >= 0.6 is 0 Å². The van der Waals surface area contributed by atoms with Crippen LogP contribution in [0.2, 0.25) is 0 Å². The second kappa shape index (κ2) is 11.9. The normalized spacial score (nSPS) is 11.9. The Hall–Kier alpha value is -5.15. The standard InChI is InChI=1S/C32H19F6NO2/c33-29(31(34,35)32(36,37)38)27-16-15-26(40)20-28(27)39-30(41)25-18-23(13-11-21-7-3-1-4-8-21)17-24(19-25)14-12-22-9-5-2-6-10-22/h1-10,15-20,29,40H,(H,39,41). The van der Waals surface area contributed by atoms with Gasteiger partial charge in [0.1, 0.15) is 5.75 Å². The molecule has 0 aliphatic heterocycles. The van der Waals surface area contributed by atoms with Crippen LogP contribution in [0.5, 0.6) is 5.75 Å². The van der Waals surface area contributed by atoms with Crippen molar-refractivity contribution in [1.29, 1.82) is 0 Å². The second-order valence-corrected chi connectivity index (χ2v) is 8.74. The second-order valence-electron chi connectivity index (χ2n) is 8.74. The Morgan fingerprint density at radius 3 is 1.66 bits per heavy atom. The summed E-state index contributed by atoms with van der Waals surface area (Å²) < 4.78 is 80.7. The third-order valence-electron chi connectivity index (χ3n) is 5.70. The smallest absolute Gasteiger partial charge is 0.456 e. The molecule has 0 saturated carbocycles. The van der Waals surface area contributed by atoms with Crippen LogP contribution in [0, 0.1) is 23.7 Å². The van der Waals surface area contributed by atoms with E-state index in [1.165, 1.54) is 12.1 Å². The zero-order valence-corrected chi connectivity index (χ0v) is 20.9. The third kappa shape index (κ3) is 7.09. The van der Waals surface area contributed by atoms with E-state index in [2.05, 4.69) is 29.0 Å². The minimum atomic E-state index is -6.19. The topological polar surface area (TPSA) is 49.3 Å². The molecule has 4 aromatic carbocycles. The molecule has 0 aliphatic rings. The average Bonchev–Trinajstić information content (AvgIpc) is 2.95. The molecule has 0 saturated heterocycles. The Morgan fingerprint density at radius 1 is 0.683 bits per heavy atom. The molecule has 0 heterocycles. The maximum absolute atomic E-state index is 14.6. The van der Waals surface area contributed by atoms with Crippen molar-refractivity contribution in [2.45, 2.75) is 18.3 Å². The maximum atomic E-state index is 14.6. The van der Waals surface area contributed by atoms with Crippen LogP contribution in [-0.2, 0) is 0 Å². The van der Waals surface area contributed by atoms with E-state index in [4.69, 9.17) is 0 Å². The number of alkyl halides is 6. The molecule has 0 radical (unpaired) electrons. The predicted molar refractivity (Wildman–Crippen MR) is 142 cm³/mol. The fraction of sp³-hybridized carbons (Fsp3) is 0.0938. The van der Waals surface area contributed by atoms with Crippen LogP contribution < -0.4 is 5.32 Å². The molecule has 1 amide bonds. The summed E-state index contributed by atoms with van der Waals surface area (Å²) in [6.07, 6.45) is -10.0. The Kier molecular flexibility index (Phi) is 8.40. The van der Waals surface area contributed by atoms with Gasteiger partial charge in [-0.2, -0.15) is 22.0 Å². The fourth-order valence-electron chi connectivity index (χ4n) is 3.64. The summed E-state index contributed by atoms with van der Waals surface area (Å²) in [7, 11) is 0. The molecule has 9 heteroatoms. The monoisotopic (exact) mass is 563 g/mol. The number of carbonyl (C=O) groups is 1. The SMILES string of the molecule is O=C(Nc1cc(O)ccc1C(F)C(F)(F)C(F)(F)F)c1cc(C#Cc2ccccc2)cc(C#Cc2ccccc2)c1. The summed E-state index contributed by atoms with van der Waals surface area (Å²) >= 11 is 0. The largest absolute Gasteiger partial charge is 0.508 e. The lowest BCUT2D eigenvalue weighted by atomic mass is 10.0. The lowest BCUT2D eigenvalue weighted by molar-refractivity contribution is -0.305. The highest BCUT2D eigenvalue weighted by atomic mass is 19.4. The number of rotatable bonds is 4. The number of amides is 1. The Bertz CT molecular complexity index is 1600. The van der Waals surface area contributed by atoms with Gasteiger partial charge in [0.15, 0.2) is 6.17 Å². The summed E-state index contributed by atoms with van der Waals surface area (Å²) in [6.45, 7) is 0. The number of carbonyl (C=O) groups excluding carboxylic acids is 1. The van der Waals surface area contributed by atoms with Crippen LogP contribution in [0.4, 0.5) is 32.0 Å². The number of nitrogens with one attached hydrogen (secondary N) is 1. The number of aromatic hydroxyl groups is 1. The highest BCUT2D eigenvalue weighted by Gasteiger charge is 2.64. The van der Waals surface area contributed by atoms with Gasteiger partial charge in [-0.1, -0.05) is 66.1 Å². The van der Waals surface area contributed by atoms with E-state index in [9.17, 15) is 36.2 Å². The highest BCUT2D eigenvalue weighted by molar-refractivity contribution is 6.05. The Balaban J connectivity index is 1.73. The van der Waals surface area contributed by atoms with Crippen molar-refractivity contribution in [3.05, 3.63) is 130 Å². The summed E-state index contributed by atoms with van der Waals surface area (Å²) in [5, 5.41) is 11.9. The fourth-order valence-corrected chi connectivity index (χ4v) is 3.64. The number of benzene rings is 4. The minimum Gasteiger partial charge on any atom is -0.508 e. The summed E-state index contributed by atoms with van der Waals surface area (Å²) in [5.41, 5.74) is 0.0525. The predicted octanol–water partition coefficient (Wildman–Crippen LogP) is 7.65. The van der Waals surface area contributed by atoms with Gasteiger partial charge in [0.05, 0.1) is 5.69 Å². The molecule has 0 aliphatic carbocycles. The number of phenolic OH excluding ortho intramolecular Hbond substituents is 1. The van der Waals surface area contributed by atoms with Gasteiger partial charge in [0.2, 0.25) is 0 Å². The number of hydrogen-bond acceptors (Lipinski definition) is 2. The van der Waals surface area contributed by atoms with Gasteiger partial charge in [-0.15, -0.1) is 0 Å². The Labute approximate surface area is 231 Å². The zero-order valence-electron chi connectivity index (χ0n) is 20.9. The van der Waals surface area contributed by atoms with Gasteiger partial charge in [-0.3, -0.25) is 4.79 Å². The number of hydrogen-bond donors (Lipinski definition) is 2. The van der Waals surface area contributed by atoms with Crippen LogP contribution in [0.15, 0.2) is 97.1 Å². The van der Waals surface area contributed by atoms with Crippen LogP contribution in [0.1, 0.15) is 44.3 Å². The van der Waals surface area contributed by atoms with Crippen LogP contribution in [0.3, 0.4) is 0 Å². The van der Waals surface area contributed by atoms with E-state index in [1.807, 2.05) is 12.1 Å². The zero-order chi connectivity index (χ0) is 29.6. The molecular weight excluding hydrogens is 544 g/mol. The van der Waals surface area contributed by atoms with Crippen molar-refractivity contribution in [3.63, 3.8) is 0 Å². The molecule has 206 valence electrons. The van der Waals surface area contributed by atoms with Crippen molar-refractivity contribution in [2.75, 3.05) is 5.32 Å². The maximum Gasteiger partial charge on any atom is 0.456 e. The van der Waals surface area contributed by atoms with Gasteiger partial charge < -0.3 is 10.4 Å². The average molecular weight is 563 g/mol. The van der Waals surface area contributed by atoms with E-state index in [-0.39, 0.29) is 5.56 Å². The molecule has 41 heavy (non-hydrogen) atoms. The van der Waals surface area contributed by atoms with Crippen molar-refractivity contribution < 1.29 is 36.2 Å². The molecule has 3 nitrogen and oxygen atoms in total. The summed E-state index contributed by atoms with van der Waals surface area (Å²) in [6, 6.07) is 24.2. The molecule has 4 rings (SSSR count). The molecule has 0 bridgehead atoms. The van der Waals surface area contributed by atoms with E-state index < -0.39 is 41.2 Å². The van der Waals surface area contributed by atoms with Gasteiger partial charge in [-0.05, 0) is 48.5 Å². The van der Waals surface area contributed by atoms with Crippen molar-refractivity contribution >= 4 is 11.6 Å². The first-order valence-electron chi connectivity index (χ1n) is 12.0. The number of halogens is 6. The number of phenols is 1. The Morgan fingerprint density at radius 2 is 1.17 bits per heavy atom. The molecular formula is C32H19F6NO2. The summed E-state index contributed by atoms with van der Waals surface area (Å²) in [4.78, 5) is 13.2. The van der Waals surface area contributed by atoms with Crippen molar-refractivity contribution in [2.24, 2.45) is 0 Å². The molecule has 0 spiro atoms. The van der Waals surface area contributed by atoms with Crippen LogP contribution in [-0.4, -0.2) is 23.1 Å². The molecule has 1 atom stereocenters. The molecule has 0 fully saturated rings. The first-order valence-corrected chi connectivity index (χ1v) is 12.0. The van der Waals surface area contributed by atoms with Gasteiger partial charge in [-0.25, -0.2) is 4.39 Å². The molecule has 0 aromatic heterocycles. The lowest BCUT2D eigenvalue weighted by Crippen LogP contribution is -2.40. The van der Waals surface area contributed by atoms with Gasteiger partial charge >= 0.3 is 12.1 Å². The van der Waals surface area contributed by atoms with Crippen molar-refractivity contribution in [1.82, 2.24) is 0 Å². The summed E-state index contributed by atoms with van der Waals surface area (Å²) in [5.74, 6) is 4.37. The third-order valence-corrected chi connectivity index (χ3v) is 5.70. The lowest BCUT2D eigenvalue weighted by Gasteiger charge is -2.25. The molecule has 2 N–H and O–H groups in total. The van der Waals surface area contributed by atoms with E-state index in [0.29, 0.717) is 34.4 Å².